The van der Waals surface area contributed by atoms with Crippen LogP contribution in [0.25, 0.3) is 0 Å². The van der Waals surface area contributed by atoms with Gasteiger partial charge in [0.15, 0.2) is 0 Å². The van der Waals surface area contributed by atoms with Crippen molar-refractivity contribution in [2.24, 2.45) is 0 Å². The van der Waals surface area contributed by atoms with Crippen LogP contribution in [-0.2, 0) is 14.8 Å². The second-order valence-electron chi connectivity index (χ2n) is 5.53. The van der Waals surface area contributed by atoms with E-state index >= 15 is 0 Å². The van der Waals surface area contributed by atoms with Crippen molar-refractivity contribution >= 4 is 53.5 Å². The lowest BCUT2D eigenvalue weighted by Gasteiger charge is -2.41. The molecule has 1 saturated heterocycles. The van der Waals surface area contributed by atoms with Gasteiger partial charge in [0.2, 0.25) is 10.0 Å². The SMILES string of the molecule is CC1(C)CN(S(=O)(=O)c2cc(Br)ccc2Br)CC(CCl)O1. The summed E-state index contributed by atoms with van der Waals surface area (Å²) in [6.07, 6.45) is -0.309. The van der Waals surface area contributed by atoms with Gasteiger partial charge in [0.1, 0.15) is 0 Å². The Hall–Kier alpha value is 0.340. The predicted molar refractivity (Wildman–Crippen MR) is 90.3 cm³/mol. The molecule has 8 heteroatoms. The van der Waals surface area contributed by atoms with E-state index in [1.807, 2.05) is 13.8 Å². The molecule has 1 fully saturated rings. The van der Waals surface area contributed by atoms with Crippen molar-refractivity contribution in [3.63, 3.8) is 0 Å². The summed E-state index contributed by atoms with van der Waals surface area (Å²) >= 11 is 12.5. The minimum atomic E-state index is -3.61. The van der Waals surface area contributed by atoms with Crippen LogP contribution in [0.5, 0.6) is 0 Å². The van der Waals surface area contributed by atoms with Gasteiger partial charge in [-0.25, -0.2) is 8.42 Å². The van der Waals surface area contributed by atoms with E-state index in [9.17, 15) is 8.42 Å². The van der Waals surface area contributed by atoms with Gasteiger partial charge in [-0.1, -0.05) is 15.9 Å². The van der Waals surface area contributed by atoms with Gasteiger partial charge >= 0.3 is 0 Å². The van der Waals surface area contributed by atoms with E-state index in [1.54, 1.807) is 18.2 Å². The van der Waals surface area contributed by atoms with Gasteiger partial charge in [-0.15, -0.1) is 11.6 Å². The Morgan fingerprint density at radius 1 is 1.43 bits per heavy atom. The molecule has 21 heavy (non-hydrogen) atoms. The lowest BCUT2D eigenvalue weighted by Crippen LogP contribution is -2.55. The highest BCUT2D eigenvalue weighted by Gasteiger charge is 2.39. The fourth-order valence-corrected chi connectivity index (χ4v) is 5.56. The summed E-state index contributed by atoms with van der Waals surface area (Å²) in [5.74, 6) is 0.259. The summed E-state index contributed by atoms with van der Waals surface area (Å²) in [5, 5.41) is 0. The number of ether oxygens (including phenoxy) is 1. The van der Waals surface area contributed by atoms with Crippen LogP contribution in [0.15, 0.2) is 32.0 Å². The quantitative estimate of drug-likeness (QED) is 0.646. The van der Waals surface area contributed by atoms with Crippen LogP contribution >= 0.6 is 43.5 Å². The number of nitrogens with zero attached hydrogens (tertiary/aromatic N) is 1. The Labute approximate surface area is 147 Å². The van der Waals surface area contributed by atoms with E-state index in [1.165, 1.54) is 4.31 Å². The lowest BCUT2D eigenvalue weighted by molar-refractivity contribution is -0.107. The van der Waals surface area contributed by atoms with Crippen molar-refractivity contribution in [3.8, 4) is 0 Å². The van der Waals surface area contributed by atoms with Gasteiger partial charge in [-0.05, 0) is 48.0 Å². The Kier molecular flexibility index (Phi) is 5.43. The summed E-state index contributed by atoms with van der Waals surface area (Å²) < 4.78 is 34.2. The molecular weight excluding hydrogens is 445 g/mol. The molecule has 0 amide bonds. The fourth-order valence-electron chi connectivity index (χ4n) is 2.32. The van der Waals surface area contributed by atoms with E-state index in [4.69, 9.17) is 16.3 Å². The molecule has 1 aromatic carbocycles. The molecular formula is C13H16Br2ClNO3S. The maximum atomic E-state index is 12.9. The van der Waals surface area contributed by atoms with E-state index in [2.05, 4.69) is 31.9 Å². The Bertz CT molecular complexity index is 636. The molecule has 1 aliphatic rings. The first kappa shape index (κ1) is 17.7. The highest BCUT2D eigenvalue weighted by molar-refractivity contribution is 9.11. The van der Waals surface area contributed by atoms with Crippen LogP contribution < -0.4 is 0 Å². The summed E-state index contributed by atoms with van der Waals surface area (Å²) in [6, 6.07) is 5.09. The van der Waals surface area contributed by atoms with Crippen LogP contribution in [0.3, 0.4) is 0 Å². The first-order valence-electron chi connectivity index (χ1n) is 6.35. The van der Waals surface area contributed by atoms with E-state index in [0.29, 0.717) is 15.5 Å². The minimum absolute atomic E-state index is 0.239. The van der Waals surface area contributed by atoms with Crippen LogP contribution in [-0.4, -0.2) is 43.4 Å². The van der Waals surface area contributed by atoms with Gasteiger partial charge in [-0.3, -0.25) is 0 Å². The molecule has 0 spiro atoms. The summed E-state index contributed by atoms with van der Waals surface area (Å²) in [5.41, 5.74) is -0.566. The van der Waals surface area contributed by atoms with Crippen molar-refractivity contribution in [3.05, 3.63) is 27.1 Å². The number of morpholine rings is 1. The highest BCUT2D eigenvalue weighted by Crippen LogP contribution is 2.32. The van der Waals surface area contributed by atoms with Gasteiger partial charge in [0.05, 0.1) is 16.6 Å². The molecule has 1 unspecified atom stereocenters. The topological polar surface area (TPSA) is 46.6 Å². The molecule has 118 valence electrons. The van der Waals surface area contributed by atoms with Crippen LogP contribution in [0, 0.1) is 0 Å². The molecule has 0 aliphatic carbocycles. The summed E-state index contributed by atoms with van der Waals surface area (Å²) in [4.78, 5) is 0.239. The number of hydrogen-bond donors (Lipinski definition) is 0. The third-order valence-electron chi connectivity index (χ3n) is 3.13. The van der Waals surface area contributed by atoms with Gasteiger partial charge in [0, 0.05) is 27.9 Å². The molecule has 0 bridgehead atoms. The van der Waals surface area contributed by atoms with Crippen molar-refractivity contribution in [1.82, 2.24) is 4.31 Å². The van der Waals surface area contributed by atoms with Crippen LogP contribution in [0.4, 0.5) is 0 Å². The monoisotopic (exact) mass is 459 g/mol. The maximum Gasteiger partial charge on any atom is 0.244 e. The number of hydrogen-bond acceptors (Lipinski definition) is 3. The first-order chi connectivity index (χ1) is 9.65. The van der Waals surface area contributed by atoms with Crippen LogP contribution in [0.1, 0.15) is 13.8 Å². The zero-order chi connectivity index (χ0) is 15.8. The number of rotatable bonds is 3. The van der Waals surface area contributed by atoms with Gasteiger partial charge < -0.3 is 4.74 Å². The van der Waals surface area contributed by atoms with Crippen molar-refractivity contribution in [2.75, 3.05) is 19.0 Å². The average Bonchev–Trinajstić information content (AvgIpc) is 2.39. The Balaban J connectivity index is 2.41. The average molecular weight is 462 g/mol. The second kappa shape index (κ2) is 6.45. The Morgan fingerprint density at radius 3 is 2.71 bits per heavy atom. The second-order valence-corrected chi connectivity index (χ2v) is 9.51. The third kappa shape index (κ3) is 4.00. The maximum absolute atomic E-state index is 12.9. The number of halogens is 3. The van der Waals surface area contributed by atoms with E-state index in [0.717, 1.165) is 0 Å². The van der Waals surface area contributed by atoms with Crippen molar-refractivity contribution < 1.29 is 13.2 Å². The van der Waals surface area contributed by atoms with Crippen LogP contribution in [0.2, 0.25) is 0 Å². The zero-order valence-electron chi connectivity index (χ0n) is 11.6. The first-order valence-corrected chi connectivity index (χ1v) is 9.91. The predicted octanol–water partition coefficient (Wildman–Crippen LogP) is 3.62. The smallest absolute Gasteiger partial charge is 0.244 e. The molecule has 1 atom stereocenters. The molecule has 1 aromatic rings. The number of sulfonamides is 1. The Morgan fingerprint density at radius 2 is 2.10 bits per heavy atom. The molecule has 1 heterocycles. The molecule has 0 aromatic heterocycles. The summed E-state index contributed by atoms with van der Waals surface area (Å²) in [7, 11) is -3.61. The molecule has 4 nitrogen and oxygen atoms in total. The molecule has 1 aliphatic heterocycles. The molecule has 0 radical (unpaired) electrons. The normalized spacial score (nSPS) is 23.2. The minimum Gasteiger partial charge on any atom is -0.368 e. The number of benzene rings is 1. The number of alkyl halides is 1. The lowest BCUT2D eigenvalue weighted by atomic mass is 10.1. The fraction of sp³-hybridized carbons (Fsp3) is 0.538. The standard InChI is InChI=1S/C13H16Br2ClNO3S/c1-13(2)8-17(7-10(6-16)20-13)21(18,19)12-5-9(14)3-4-11(12)15/h3-5,10H,6-8H2,1-2H3. The van der Waals surface area contributed by atoms with Crippen molar-refractivity contribution in [1.29, 1.82) is 0 Å². The van der Waals surface area contributed by atoms with E-state index < -0.39 is 15.6 Å². The van der Waals surface area contributed by atoms with Gasteiger partial charge in [0.25, 0.3) is 0 Å². The summed E-state index contributed by atoms with van der Waals surface area (Å²) in [6.45, 7) is 4.28. The van der Waals surface area contributed by atoms with E-state index in [-0.39, 0.29) is 23.4 Å². The molecule has 0 N–H and O–H groups in total. The molecule has 0 saturated carbocycles. The van der Waals surface area contributed by atoms with Gasteiger partial charge in [-0.2, -0.15) is 4.31 Å². The third-order valence-corrected chi connectivity index (χ3v) is 6.78. The zero-order valence-corrected chi connectivity index (χ0v) is 16.4. The highest BCUT2D eigenvalue weighted by atomic mass is 79.9. The largest absolute Gasteiger partial charge is 0.368 e. The van der Waals surface area contributed by atoms with Crippen molar-refractivity contribution in [2.45, 2.75) is 30.4 Å². The molecule has 2 rings (SSSR count).